The standard InChI is InChI=1S/C15H33B/c1-9-12(11(2)14(3,4)5)10-13(16)15(6,7)8/h11-13H,9-10,16H2,1-8H3. The van der Waals surface area contributed by atoms with Crippen LogP contribution in [0.15, 0.2) is 0 Å². The van der Waals surface area contributed by atoms with E-state index in [1.165, 1.54) is 12.8 Å². The minimum Gasteiger partial charge on any atom is -0.0651 e. The smallest absolute Gasteiger partial charge is 0.0651 e. The van der Waals surface area contributed by atoms with Crippen LogP contribution in [0.3, 0.4) is 0 Å². The molecule has 0 saturated heterocycles. The molecule has 0 rings (SSSR count). The largest absolute Gasteiger partial charge is 0.106 e. The van der Waals surface area contributed by atoms with Gasteiger partial charge >= 0.3 is 0 Å². The van der Waals surface area contributed by atoms with E-state index < -0.39 is 0 Å². The quantitative estimate of drug-likeness (QED) is 0.614. The molecular weight excluding hydrogens is 191 g/mol. The van der Waals surface area contributed by atoms with Crippen LogP contribution in [-0.2, 0) is 0 Å². The van der Waals surface area contributed by atoms with E-state index in [2.05, 4.69) is 63.2 Å². The second-order valence-electron chi connectivity index (χ2n) is 7.83. The predicted octanol–water partition coefficient (Wildman–Crippen LogP) is 4.55. The molecule has 0 nitrogen and oxygen atoms in total. The van der Waals surface area contributed by atoms with Gasteiger partial charge in [-0.2, -0.15) is 0 Å². The third-order valence-electron chi connectivity index (χ3n) is 4.73. The van der Waals surface area contributed by atoms with Crippen molar-refractivity contribution >= 4 is 7.85 Å². The van der Waals surface area contributed by atoms with Crippen LogP contribution in [0.4, 0.5) is 0 Å². The molecule has 0 bridgehead atoms. The van der Waals surface area contributed by atoms with Gasteiger partial charge in [-0.05, 0) is 22.7 Å². The summed E-state index contributed by atoms with van der Waals surface area (Å²) < 4.78 is 0. The lowest BCUT2D eigenvalue weighted by Gasteiger charge is -2.38. The molecule has 0 aromatic rings. The van der Waals surface area contributed by atoms with Crippen LogP contribution in [0.2, 0.25) is 5.82 Å². The molecule has 0 spiro atoms. The molecule has 0 fully saturated rings. The van der Waals surface area contributed by atoms with Gasteiger partial charge in [-0.1, -0.05) is 74.0 Å². The zero-order chi connectivity index (χ0) is 13.1. The Labute approximate surface area is 105 Å². The molecule has 96 valence electrons. The maximum atomic E-state index is 2.43. The molecule has 0 amide bonds. The van der Waals surface area contributed by atoms with E-state index in [4.69, 9.17) is 0 Å². The van der Waals surface area contributed by atoms with Crippen LogP contribution in [-0.4, -0.2) is 7.85 Å². The van der Waals surface area contributed by atoms with Crippen LogP contribution in [0.1, 0.15) is 68.2 Å². The van der Waals surface area contributed by atoms with E-state index >= 15 is 0 Å². The van der Waals surface area contributed by atoms with E-state index in [1.807, 2.05) is 0 Å². The van der Waals surface area contributed by atoms with Gasteiger partial charge in [-0.15, -0.1) is 0 Å². The normalized spacial score (nSPS) is 19.2. The molecule has 0 radical (unpaired) electrons. The molecule has 0 aliphatic carbocycles. The Hall–Kier alpha value is 0.0649. The van der Waals surface area contributed by atoms with Gasteiger partial charge in [0, 0.05) is 0 Å². The molecular formula is C15H33B. The topological polar surface area (TPSA) is 0 Å². The maximum Gasteiger partial charge on any atom is 0.106 e. The lowest BCUT2D eigenvalue weighted by molar-refractivity contribution is 0.150. The van der Waals surface area contributed by atoms with Crippen molar-refractivity contribution < 1.29 is 0 Å². The van der Waals surface area contributed by atoms with Crippen LogP contribution in [0, 0.1) is 22.7 Å². The van der Waals surface area contributed by atoms with Gasteiger partial charge in [0.05, 0.1) is 0 Å². The molecule has 3 atom stereocenters. The molecule has 0 aliphatic heterocycles. The maximum absolute atomic E-state index is 2.43. The summed E-state index contributed by atoms with van der Waals surface area (Å²) in [5, 5.41) is 0. The van der Waals surface area contributed by atoms with Gasteiger partial charge < -0.3 is 0 Å². The van der Waals surface area contributed by atoms with Crippen molar-refractivity contribution in [1.82, 2.24) is 0 Å². The number of rotatable bonds is 4. The van der Waals surface area contributed by atoms with Crippen molar-refractivity contribution in [3.8, 4) is 0 Å². The molecule has 16 heavy (non-hydrogen) atoms. The lowest BCUT2D eigenvalue weighted by Crippen LogP contribution is -2.28. The van der Waals surface area contributed by atoms with Crippen LogP contribution >= 0.6 is 0 Å². The van der Waals surface area contributed by atoms with E-state index in [9.17, 15) is 0 Å². The van der Waals surface area contributed by atoms with Gasteiger partial charge in [-0.25, -0.2) is 0 Å². The van der Waals surface area contributed by atoms with Crippen molar-refractivity contribution in [3.05, 3.63) is 0 Å². The molecule has 0 saturated carbocycles. The van der Waals surface area contributed by atoms with Crippen molar-refractivity contribution in [2.45, 2.75) is 74.0 Å². The lowest BCUT2D eigenvalue weighted by atomic mass is 9.61. The van der Waals surface area contributed by atoms with E-state index in [0.717, 1.165) is 17.7 Å². The second kappa shape index (κ2) is 5.60. The Bertz CT molecular complexity index is 194. The van der Waals surface area contributed by atoms with Crippen LogP contribution < -0.4 is 0 Å². The highest BCUT2D eigenvalue weighted by molar-refractivity contribution is 6.12. The summed E-state index contributed by atoms with van der Waals surface area (Å²) in [6.07, 6.45) is 2.69. The van der Waals surface area contributed by atoms with Gasteiger partial charge in [0.2, 0.25) is 0 Å². The van der Waals surface area contributed by atoms with E-state index in [1.54, 1.807) is 0 Å². The fourth-order valence-corrected chi connectivity index (χ4v) is 2.24. The van der Waals surface area contributed by atoms with Crippen molar-refractivity contribution in [2.75, 3.05) is 0 Å². The monoisotopic (exact) mass is 224 g/mol. The fourth-order valence-electron chi connectivity index (χ4n) is 2.24. The minimum absolute atomic E-state index is 0.443. The zero-order valence-corrected chi connectivity index (χ0v) is 13.1. The second-order valence-corrected chi connectivity index (χ2v) is 7.83. The van der Waals surface area contributed by atoms with Crippen molar-refractivity contribution in [1.29, 1.82) is 0 Å². The first-order valence-electron chi connectivity index (χ1n) is 7.00. The van der Waals surface area contributed by atoms with Crippen molar-refractivity contribution in [3.63, 3.8) is 0 Å². The van der Waals surface area contributed by atoms with Gasteiger partial charge in [-0.3, -0.25) is 0 Å². The number of hydrogen-bond acceptors (Lipinski definition) is 0. The summed E-state index contributed by atoms with van der Waals surface area (Å²) in [6, 6.07) is 0. The first-order chi connectivity index (χ1) is 7.00. The van der Waals surface area contributed by atoms with Gasteiger partial charge in [0.1, 0.15) is 7.85 Å². The minimum atomic E-state index is 0.443. The average Bonchev–Trinajstić information content (AvgIpc) is 2.09. The zero-order valence-electron chi connectivity index (χ0n) is 13.1. The predicted molar refractivity (Wildman–Crippen MR) is 78.8 cm³/mol. The van der Waals surface area contributed by atoms with Gasteiger partial charge in [0.15, 0.2) is 0 Å². The van der Waals surface area contributed by atoms with Crippen LogP contribution in [0.25, 0.3) is 0 Å². The third kappa shape index (κ3) is 4.93. The Morgan fingerprint density at radius 3 is 1.62 bits per heavy atom. The SMILES string of the molecule is BC(CC(CC)C(C)C(C)(C)C)C(C)(C)C. The molecule has 1 heteroatoms. The summed E-state index contributed by atoms with van der Waals surface area (Å²) in [4.78, 5) is 0. The first-order valence-corrected chi connectivity index (χ1v) is 7.00. The highest BCUT2D eigenvalue weighted by Gasteiger charge is 2.30. The summed E-state index contributed by atoms with van der Waals surface area (Å²) in [7, 11) is 2.41. The molecule has 0 N–H and O–H groups in total. The fraction of sp³-hybridized carbons (Fsp3) is 1.00. The molecule has 0 aromatic heterocycles. The number of hydrogen-bond donors (Lipinski definition) is 0. The Balaban J connectivity index is 4.54. The summed E-state index contributed by atoms with van der Waals surface area (Å²) in [6.45, 7) is 19.0. The Morgan fingerprint density at radius 1 is 0.938 bits per heavy atom. The summed E-state index contributed by atoms with van der Waals surface area (Å²) in [5.41, 5.74) is 0.892. The molecule has 0 aliphatic rings. The highest BCUT2D eigenvalue weighted by atomic mass is 14.3. The van der Waals surface area contributed by atoms with Gasteiger partial charge in [0.25, 0.3) is 0 Å². The molecule has 0 heterocycles. The first kappa shape index (κ1) is 16.1. The Kier molecular flexibility index (Phi) is 5.62. The highest BCUT2D eigenvalue weighted by Crippen LogP contribution is 2.41. The molecule has 3 unspecified atom stereocenters. The van der Waals surface area contributed by atoms with E-state index in [0.29, 0.717) is 10.8 Å². The molecule has 0 aromatic carbocycles. The summed E-state index contributed by atoms with van der Waals surface area (Å²) in [5.74, 6) is 2.48. The van der Waals surface area contributed by atoms with E-state index in [-0.39, 0.29) is 0 Å². The third-order valence-corrected chi connectivity index (χ3v) is 4.73. The average molecular weight is 224 g/mol. The van der Waals surface area contributed by atoms with Crippen molar-refractivity contribution in [2.24, 2.45) is 22.7 Å². The van der Waals surface area contributed by atoms with Crippen LogP contribution in [0.5, 0.6) is 0 Å². The summed E-state index contributed by atoms with van der Waals surface area (Å²) >= 11 is 0. The Morgan fingerprint density at radius 2 is 1.38 bits per heavy atom.